The third-order valence-corrected chi connectivity index (χ3v) is 3.96. The van der Waals surface area contributed by atoms with Crippen molar-refractivity contribution in [2.24, 2.45) is 5.41 Å². The number of carbonyl (C=O) groups excluding carboxylic acids is 1. The van der Waals surface area contributed by atoms with Gasteiger partial charge in [-0.25, -0.2) is 0 Å². The molecule has 104 valence electrons. The molecule has 0 saturated carbocycles. The van der Waals surface area contributed by atoms with E-state index >= 15 is 0 Å². The summed E-state index contributed by atoms with van der Waals surface area (Å²) in [4.78, 5) is 12.7. The first kappa shape index (κ1) is 14.0. The summed E-state index contributed by atoms with van der Waals surface area (Å²) in [5.74, 6) is 0. The van der Waals surface area contributed by atoms with Gasteiger partial charge in [-0.1, -0.05) is 30.3 Å². The predicted octanol–water partition coefficient (Wildman–Crippen LogP) is 1.43. The Hall–Kier alpha value is -1.39. The lowest BCUT2D eigenvalue weighted by molar-refractivity contribution is -0.134. The molecule has 0 spiro atoms. The fourth-order valence-corrected chi connectivity index (χ4v) is 2.59. The summed E-state index contributed by atoms with van der Waals surface area (Å²) >= 11 is 0. The van der Waals surface area contributed by atoms with Gasteiger partial charge in [-0.2, -0.15) is 0 Å². The van der Waals surface area contributed by atoms with Gasteiger partial charge in [-0.15, -0.1) is 0 Å². The third kappa shape index (κ3) is 3.78. The summed E-state index contributed by atoms with van der Waals surface area (Å²) in [7, 11) is 0. The fourth-order valence-electron chi connectivity index (χ4n) is 2.59. The molecule has 2 rings (SSSR count). The van der Waals surface area contributed by atoms with Crippen LogP contribution in [0.1, 0.15) is 18.4 Å². The van der Waals surface area contributed by atoms with Crippen molar-refractivity contribution in [1.82, 2.24) is 4.90 Å². The van der Waals surface area contributed by atoms with Crippen LogP contribution in [0.15, 0.2) is 30.3 Å². The van der Waals surface area contributed by atoms with Gasteiger partial charge in [0.15, 0.2) is 0 Å². The van der Waals surface area contributed by atoms with Crippen molar-refractivity contribution in [1.29, 1.82) is 0 Å². The number of ether oxygens (including phenoxy) is 1. The van der Waals surface area contributed by atoms with Crippen molar-refractivity contribution < 1.29 is 14.6 Å². The highest BCUT2D eigenvalue weighted by Crippen LogP contribution is 2.31. The number of hydrogen-bond donors (Lipinski definition) is 1. The molecule has 0 aromatic heterocycles. The zero-order chi connectivity index (χ0) is 13.6. The second-order valence-corrected chi connectivity index (χ2v) is 5.33. The molecule has 1 saturated heterocycles. The van der Waals surface area contributed by atoms with E-state index in [0.717, 1.165) is 32.5 Å². The summed E-state index contributed by atoms with van der Waals surface area (Å²) in [5, 5.41) is 9.53. The van der Waals surface area contributed by atoms with Crippen LogP contribution in [0.3, 0.4) is 0 Å². The molecule has 1 aliphatic rings. The number of benzene rings is 1. The Labute approximate surface area is 114 Å². The summed E-state index contributed by atoms with van der Waals surface area (Å²) in [6.07, 6.45) is 1.73. The second-order valence-electron chi connectivity index (χ2n) is 5.33. The molecular formula is C15H21NO3. The van der Waals surface area contributed by atoms with Crippen molar-refractivity contribution in [3.63, 3.8) is 0 Å². The molecular weight excluding hydrogens is 242 g/mol. The third-order valence-electron chi connectivity index (χ3n) is 3.96. The van der Waals surface area contributed by atoms with Gasteiger partial charge in [0.05, 0.1) is 13.2 Å². The minimum Gasteiger partial charge on any atom is -0.467 e. The standard InChI is InChI=1S/C15H21NO3/c17-11-15(12-19-13-18)6-8-16(9-7-15)10-14-4-2-1-3-5-14/h1-5,13,17H,6-12H2. The maximum atomic E-state index is 10.3. The average molecular weight is 263 g/mol. The molecule has 0 atom stereocenters. The first-order valence-corrected chi connectivity index (χ1v) is 6.70. The minimum atomic E-state index is -0.242. The van der Waals surface area contributed by atoms with Crippen molar-refractivity contribution >= 4 is 6.47 Å². The Morgan fingerprint density at radius 3 is 2.53 bits per heavy atom. The van der Waals surface area contributed by atoms with Gasteiger partial charge in [-0.3, -0.25) is 9.69 Å². The van der Waals surface area contributed by atoms with Crippen LogP contribution in [-0.4, -0.2) is 42.8 Å². The molecule has 0 bridgehead atoms. The molecule has 1 aromatic carbocycles. The lowest BCUT2D eigenvalue weighted by Gasteiger charge is -2.39. The maximum Gasteiger partial charge on any atom is 0.293 e. The molecule has 1 heterocycles. The summed E-state index contributed by atoms with van der Waals surface area (Å²) in [6.45, 7) is 3.67. The highest BCUT2D eigenvalue weighted by molar-refractivity contribution is 5.37. The van der Waals surface area contributed by atoms with Gasteiger partial charge in [0.2, 0.25) is 0 Å². The van der Waals surface area contributed by atoms with Crippen molar-refractivity contribution in [3.8, 4) is 0 Å². The molecule has 4 nitrogen and oxygen atoms in total. The highest BCUT2D eigenvalue weighted by Gasteiger charge is 2.34. The summed E-state index contributed by atoms with van der Waals surface area (Å²) < 4.78 is 4.86. The Morgan fingerprint density at radius 1 is 1.26 bits per heavy atom. The van der Waals surface area contributed by atoms with Gasteiger partial charge >= 0.3 is 0 Å². The van der Waals surface area contributed by atoms with E-state index in [4.69, 9.17) is 4.74 Å². The number of aliphatic hydroxyl groups is 1. The summed E-state index contributed by atoms with van der Waals surface area (Å²) in [5.41, 5.74) is 1.07. The second kappa shape index (κ2) is 6.68. The molecule has 0 aliphatic carbocycles. The van der Waals surface area contributed by atoms with E-state index in [1.807, 2.05) is 6.07 Å². The predicted molar refractivity (Wildman–Crippen MR) is 72.5 cm³/mol. The van der Waals surface area contributed by atoms with Crippen LogP contribution >= 0.6 is 0 Å². The largest absolute Gasteiger partial charge is 0.467 e. The normalized spacial score (nSPS) is 19.0. The molecule has 1 aliphatic heterocycles. The van der Waals surface area contributed by atoms with Crippen LogP contribution in [0.25, 0.3) is 0 Å². The van der Waals surface area contributed by atoms with Crippen molar-refractivity contribution in [2.45, 2.75) is 19.4 Å². The van der Waals surface area contributed by atoms with Crippen LogP contribution in [-0.2, 0) is 16.1 Å². The number of hydrogen-bond acceptors (Lipinski definition) is 4. The van der Waals surface area contributed by atoms with Gasteiger partial charge < -0.3 is 9.84 Å². The van der Waals surface area contributed by atoms with E-state index < -0.39 is 0 Å². The molecule has 1 fully saturated rings. The van der Waals surface area contributed by atoms with Crippen LogP contribution in [0.2, 0.25) is 0 Å². The number of likely N-dealkylation sites (tertiary alicyclic amines) is 1. The van der Waals surface area contributed by atoms with E-state index in [-0.39, 0.29) is 12.0 Å². The Balaban J connectivity index is 1.86. The van der Waals surface area contributed by atoms with E-state index in [0.29, 0.717) is 13.1 Å². The molecule has 1 aromatic rings. The Kier molecular flexibility index (Phi) is 4.93. The maximum absolute atomic E-state index is 10.3. The van der Waals surface area contributed by atoms with Gasteiger partial charge in [0.25, 0.3) is 6.47 Å². The Morgan fingerprint density at radius 2 is 1.95 bits per heavy atom. The molecule has 0 amide bonds. The zero-order valence-electron chi connectivity index (χ0n) is 11.1. The van der Waals surface area contributed by atoms with Gasteiger partial charge in [-0.05, 0) is 31.5 Å². The zero-order valence-corrected chi connectivity index (χ0v) is 11.1. The molecule has 0 unspecified atom stereocenters. The van der Waals surface area contributed by atoms with Gasteiger partial charge in [0, 0.05) is 12.0 Å². The SMILES string of the molecule is O=COCC1(CO)CCN(Cc2ccccc2)CC1. The van der Waals surface area contributed by atoms with Crippen LogP contribution in [0.5, 0.6) is 0 Å². The lowest BCUT2D eigenvalue weighted by atomic mass is 9.80. The van der Waals surface area contributed by atoms with Crippen LogP contribution in [0, 0.1) is 5.41 Å². The monoisotopic (exact) mass is 263 g/mol. The highest BCUT2D eigenvalue weighted by atomic mass is 16.5. The number of carbonyl (C=O) groups is 1. The number of aliphatic hydroxyl groups excluding tert-OH is 1. The number of rotatable bonds is 6. The molecule has 0 radical (unpaired) electrons. The fraction of sp³-hybridized carbons (Fsp3) is 0.533. The smallest absolute Gasteiger partial charge is 0.293 e. The molecule has 4 heteroatoms. The van der Waals surface area contributed by atoms with E-state index in [1.165, 1.54) is 5.56 Å². The first-order chi connectivity index (χ1) is 9.28. The van der Waals surface area contributed by atoms with E-state index in [2.05, 4.69) is 29.2 Å². The first-order valence-electron chi connectivity index (χ1n) is 6.70. The number of piperidine rings is 1. The molecule has 19 heavy (non-hydrogen) atoms. The quantitative estimate of drug-likeness (QED) is 0.789. The summed E-state index contributed by atoms with van der Waals surface area (Å²) in [6, 6.07) is 10.4. The van der Waals surface area contributed by atoms with Crippen LogP contribution in [0.4, 0.5) is 0 Å². The lowest BCUT2D eigenvalue weighted by Crippen LogP contribution is -2.44. The van der Waals surface area contributed by atoms with Crippen molar-refractivity contribution in [3.05, 3.63) is 35.9 Å². The molecule has 1 N–H and O–H groups in total. The number of nitrogens with zero attached hydrogens (tertiary/aromatic N) is 1. The topological polar surface area (TPSA) is 49.8 Å². The van der Waals surface area contributed by atoms with Crippen LogP contribution < -0.4 is 0 Å². The minimum absolute atomic E-state index is 0.0834. The van der Waals surface area contributed by atoms with Crippen molar-refractivity contribution in [2.75, 3.05) is 26.3 Å². The Bertz CT molecular complexity index is 386. The van der Waals surface area contributed by atoms with E-state index in [9.17, 15) is 9.90 Å². The average Bonchev–Trinajstić information content (AvgIpc) is 2.48. The van der Waals surface area contributed by atoms with Gasteiger partial charge in [0.1, 0.15) is 0 Å². The van der Waals surface area contributed by atoms with E-state index in [1.54, 1.807) is 0 Å².